The summed E-state index contributed by atoms with van der Waals surface area (Å²) in [6, 6.07) is 46.3. The topological polar surface area (TPSA) is 93.7 Å². The molecular weight excluding hydrogens is 859 g/mol. The fourth-order valence-electron chi connectivity index (χ4n) is 8.04. The highest BCUT2D eigenvalue weighted by Crippen LogP contribution is 2.50. The van der Waals surface area contributed by atoms with E-state index in [4.69, 9.17) is 4.74 Å². The van der Waals surface area contributed by atoms with Gasteiger partial charge in [0.25, 0.3) is 0 Å². The molecule has 8 heteroatoms. The van der Waals surface area contributed by atoms with Crippen molar-refractivity contribution in [2.45, 2.75) is 71.1 Å². The first-order valence-corrected chi connectivity index (χ1v) is 21.3. The summed E-state index contributed by atoms with van der Waals surface area (Å²) in [7, 11) is 2.84. The standard InChI is InChI=1S/C25H25NO2.C17H17NO.C10H11IO2/c1-25(2)22-7-5-4-6-20(22)21-14-13-19(16-23(21)25)26-18-11-8-17(9-12-18)10-15-24(27)28-3;1-11(19)18-12-8-9-14-13-6-4-5-7-15(13)17(2,3)16(14)10-12;1-13-10(12)7-4-8-2-5-9(11)6-3-8/h4-9,11-14,16,26H,10,15H2,1-3H3;4-10H,1-3H3,(H,18,19);2-3,5-6H,4,7H2,1H3. The largest absolute Gasteiger partial charge is 0.469 e. The molecule has 0 fully saturated rings. The van der Waals surface area contributed by atoms with Gasteiger partial charge in [-0.2, -0.15) is 0 Å². The van der Waals surface area contributed by atoms with E-state index in [9.17, 15) is 14.4 Å². The number of ether oxygens (including phenoxy) is 2. The first-order chi connectivity index (χ1) is 28.7. The monoisotopic (exact) mass is 912 g/mol. The number of rotatable bonds is 9. The van der Waals surface area contributed by atoms with Gasteiger partial charge in [0.15, 0.2) is 0 Å². The maximum atomic E-state index is 11.3. The van der Waals surface area contributed by atoms with E-state index in [0.717, 1.165) is 29.0 Å². The van der Waals surface area contributed by atoms with Gasteiger partial charge in [-0.05, 0) is 140 Å². The molecule has 0 atom stereocenters. The van der Waals surface area contributed by atoms with E-state index in [0.29, 0.717) is 19.3 Å². The molecule has 2 aliphatic carbocycles. The van der Waals surface area contributed by atoms with E-state index in [1.165, 1.54) is 74.8 Å². The number of aryl methyl sites for hydroxylation is 2. The van der Waals surface area contributed by atoms with Gasteiger partial charge in [0.1, 0.15) is 0 Å². The van der Waals surface area contributed by atoms with Crippen molar-refractivity contribution in [3.63, 3.8) is 0 Å². The second-order valence-corrected chi connectivity index (χ2v) is 17.4. The molecule has 0 heterocycles. The fraction of sp³-hybridized carbons (Fsp3) is 0.250. The predicted molar refractivity (Wildman–Crippen MR) is 252 cm³/mol. The number of benzene rings is 6. The van der Waals surface area contributed by atoms with Crippen molar-refractivity contribution in [1.82, 2.24) is 0 Å². The van der Waals surface area contributed by atoms with Crippen molar-refractivity contribution >= 4 is 57.5 Å². The van der Waals surface area contributed by atoms with Crippen LogP contribution in [0.2, 0.25) is 0 Å². The van der Waals surface area contributed by atoms with Gasteiger partial charge >= 0.3 is 11.9 Å². The SMILES string of the molecule is CC(=O)Nc1ccc2c(c1)C(C)(C)c1ccccc1-2.COC(=O)CCc1ccc(I)cc1.COC(=O)CCc1ccc(Nc2ccc3c(c2)C(C)(C)c2ccccc2-3)cc1. The molecule has 0 spiro atoms. The Labute approximate surface area is 368 Å². The molecule has 0 radical (unpaired) electrons. The van der Waals surface area contributed by atoms with E-state index < -0.39 is 0 Å². The first-order valence-electron chi connectivity index (χ1n) is 20.2. The minimum Gasteiger partial charge on any atom is -0.469 e. The number of carbonyl (C=O) groups is 3. The average molecular weight is 913 g/mol. The summed E-state index contributed by atoms with van der Waals surface area (Å²) in [6.07, 6.45) is 2.31. The number of methoxy groups -OCH3 is 2. The van der Waals surface area contributed by atoms with E-state index in [1.54, 1.807) is 0 Å². The summed E-state index contributed by atoms with van der Waals surface area (Å²) in [5.41, 5.74) is 15.9. The van der Waals surface area contributed by atoms with Crippen molar-refractivity contribution < 1.29 is 23.9 Å². The molecule has 8 rings (SSSR count). The Kier molecular flexibility index (Phi) is 14.0. The molecule has 2 N–H and O–H groups in total. The Bertz CT molecular complexity index is 2490. The lowest BCUT2D eigenvalue weighted by Gasteiger charge is -2.22. The lowest BCUT2D eigenvalue weighted by atomic mass is 9.82. The lowest BCUT2D eigenvalue weighted by Crippen LogP contribution is -2.15. The van der Waals surface area contributed by atoms with Crippen LogP contribution in [0.5, 0.6) is 0 Å². The quantitative estimate of drug-likeness (QED) is 0.111. The van der Waals surface area contributed by atoms with Crippen molar-refractivity contribution in [3.8, 4) is 22.3 Å². The van der Waals surface area contributed by atoms with Gasteiger partial charge in [-0.1, -0.05) is 113 Å². The summed E-state index contributed by atoms with van der Waals surface area (Å²) in [5, 5.41) is 6.37. The summed E-state index contributed by atoms with van der Waals surface area (Å²) in [5.74, 6) is -0.365. The van der Waals surface area contributed by atoms with E-state index in [2.05, 4.69) is 169 Å². The van der Waals surface area contributed by atoms with Crippen LogP contribution in [0.25, 0.3) is 22.3 Å². The van der Waals surface area contributed by atoms with E-state index in [1.807, 2.05) is 30.3 Å². The van der Waals surface area contributed by atoms with Crippen LogP contribution in [-0.2, 0) is 47.5 Å². The van der Waals surface area contributed by atoms with Gasteiger partial charge in [0.05, 0.1) is 14.2 Å². The van der Waals surface area contributed by atoms with Gasteiger partial charge in [-0.15, -0.1) is 0 Å². The third-order valence-electron chi connectivity index (χ3n) is 11.3. The average Bonchev–Trinajstić information content (AvgIpc) is 3.62. The third-order valence-corrected chi connectivity index (χ3v) is 12.1. The Balaban J connectivity index is 0.000000163. The summed E-state index contributed by atoms with van der Waals surface area (Å²) in [4.78, 5) is 33.3. The van der Waals surface area contributed by atoms with Gasteiger partial charge < -0.3 is 20.1 Å². The number of nitrogens with one attached hydrogen (secondary N) is 2. The molecule has 0 aromatic heterocycles. The second kappa shape index (κ2) is 19.1. The fourth-order valence-corrected chi connectivity index (χ4v) is 8.40. The molecule has 6 aromatic carbocycles. The Hall–Kier alpha value is -5.74. The van der Waals surface area contributed by atoms with Gasteiger partial charge in [-0.3, -0.25) is 14.4 Å². The number of anilines is 3. The van der Waals surface area contributed by atoms with Crippen LogP contribution in [0.4, 0.5) is 17.1 Å². The number of esters is 2. The molecule has 308 valence electrons. The van der Waals surface area contributed by atoms with Crippen LogP contribution in [-0.4, -0.2) is 32.1 Å². The predicted octanol–water partition coefficient (Wildman–Crippen LogP) is 12.2. The highest BCUT2D eigenvalue weighted by atomic mass is 127. The molecule has 60 heavy (non-hydrogen) atoms. The second-order valence-electron chi connectivity index (χ2n) is 16.1. The minimum absolute atomic E-state index is 0.00135. The number of hydrogen-bond donors (Lipinski definition) is 2. The van der Waals surface area contributed by atoms with Gasteiger partial charge in [0.2, 0.25) is 5.91 Å². The van der Waals surface area contributed by atoms with Crippen LogP contribution in [0.15, 0.2) is 133 Å². The molecule has 0 unspecified atom stereocenters. The zero-order chi connectivity index (χ0) is 43.0. The minimum atomic E-state index is -0.177. The molecule has 6 aromatic rings. The van der Waals surface area contributed by atoms with Crippen LogP contribution < -0.4 is 10.6 Å². The van der Waals surface area contributed by atoms with Crippen LogP contribution in [0, 0.1) is 3.57 Å². The zero-order valence-electron chi connectivity index (χ0n) is 35.4. The number of hydrogen-bond acceptors (Lipinski definition) is 6. The van der Waals surface area contributed by atoms with Crippen LogP contribution in [0.3, 0.4) is 0 Å². The smallest absolute Gasteiger partial charge is 0.305 e. The molecule has 1 amide bonds. The van der Waals surface area contributed by atoms with Gasteiger partial charge in [0, 0.05) is 51.2 Å². The molecule has 0 aliphatic heterocycles. The Morgan fingerprint density at radius 2 is 0.917 bits per heavy atom. The maximum absolute atomic E-state index is 11.3. The highest BCUT2D eigenvalue weighted by Gasteiger charge is 2.36. The molecule has 0 saturated carbocycles. The van der Waals surface area contributed by atoms with Crippen molar-refractivity contribution in [1.29, 1.82) is 0 Å². The number of fused-ring (bicyclic) bond motifs is 6. The summed E-state index contributed by atoms with van der Waals surface area (Å²) >= 11 is 2.25. The lowest BCUT2D eigenvalue weighted by molar-refractivity contribution is -0.141. The normalized spacial score (nSPS) is 13.1. The summed E-state index contributed by atoms with van der Waals surface area (Å²) < 4.78 is 10.5. The van der Waals surface area contributed by atoms with Crippen molar-refractivity contribution in [2.24, 2.45) is 0 Å². The molecule has 0 bridgehead atoms. The van der Waals surface area contributed by atoms with Gasteiger partial charge in [-0.25, -0.2) is 0 Å². The molecule has 2 aliphatic rings. The Morgan fingerprint density at radius 3 is 1.38 bits per heavy atom. The maximum Gasteiger partial charge on any atom is 0.305 e. The van der Waals surface area contributed by atoms with Crippen LogP contribution in [0.1, 0.15) is 80.8 Å². The zero-order valence-corrected chi connectivity index (χ0v) is 37.6. The number of carbonyl (C=O) groups excluding carboxylic acids is 3. The van der Waals surface area contributed by atoms with Crippen molar-refractivity contribution in [2.75, 3.05) is 24.9 Å². The number of halogens is 1. The molecule has 7 nitrogen and oxygen atoms in total. The summed E-state index contributed by atoms with van der Waals surface area (Å²) in [6.45, 7) is 10.6. The number of amides is 1. The first kappa shape index (κ1) is 43.8. The van der Waals surface area contributed by atoms with Crippen LogP contribution >= 0.6 is 22.6 Å². The molecule has 0 saturated heterocycles. The van der Waals surface area contributed by atoms with Crippen molar-refractivity contribution in [3.05, 3.63) is 170 Å². The van der Waals surface area contributed by atoms with E-state index >= 15 is 0 Å². The van der Waals surface area contributed by atoms with E-state index in [-0.39, 0.29) is 28.7 Å². The molecular formula is C52H53IN2O5. The highest BCUT2D eigenvalue weighted by molar-refractivity contribution is 14.1. The third kappa shape index (κ3) is 10.2. The Morgan fingerprint density at radius 1 is 0.517 bits per heavy atom.